The molecule has 0 amide bonds. The van der Waals surface area contributed by atoms with Crippen LogP contribution in [-0.2, 0) is 7.05 Å². The van der Waals surface area contributed by atoms with Crippen molar-refractivity contribution in [1.82, 2.24) is 9.78 Å². The summed E-state index contributed by atoms with van der Waals surface area (Å²) in [6.45, 7) is 1.37. The van der Waals surface area contributed by atoms with Crippen LogP contribution >= 0.6 is 15.9 Å². The lowest BCUT2D eigenvalue weighted by Crippen LogP contribution is -2.26. The number of nitrogen functional groups attached to an aromatic ring is 1. The van der Waals surface area contributed by atoms with Crippen molar-refractivity contribution < 1.29 is 4.79 Å². The number of carbonyl (C=O) groups excluding carboxylic acids is 1. The van der Waals surface area contributed by atoms with Crippen LogP contribution in [0.25, 0.3) is 11.3 Å². The zero-order valence-corrected chi connectivity index (χ0v) is 12.1. The second-order valence-electron chi connectivity index (χ2n) is 4.13. The molecule has 98 valence electrons. The quantitative estimate of drug-likeness (QED) is 0.858. The number of hydrogen-bond donors (Lipinski definition) is 1. The van der Waals surface area contributed by atoms with Gasteiger partial charge in [-0.1, -0.05) is 28.1 Å². The van der Waals surface area contributed by atoms with E-state index < -0.39 is 5.56 Å². The van der Waals surface area contributed by atoms with Crippen LogP contribution in [0.3, 0.4) is 0 Å². The van der Waals surface area contributed by atoms with Gasteiger partial charge < -0.3 is 5.73 Å². The molecule has 0 saturated heterocycles. The number of carbonyl (C=O) groups is 1. The first-order valence-corrected chi connectivity index (χ1v) is 6.34. The van der Waals surface area contributed by atoms with E-state index in [2.05, 4.69) is 21.0 Å². The van der Waals surface area contributed by atoms with Gasteiger partial charge in [0.2, 0.25) is 0 Å². The van der Waals surface area contributed by atoms with Crippen molar-refractivity contribution in [2.24, 2.45) is 7.05 Å². The van der Waals surface area contributed by atoms with Gasteiger partial charge in [0, 0.05) is 17.1 Å². The van der Waals surface area contributed by atoms with E-state index in [1.807, 2.05) is 24.3 Å². The standard InChI is InChI=1S/C13H12BrN3O2/c1-7(18)10-11(15)13(19)17(2)16-12(10)8-3-5-9(14)6-4-8/h3-6H,15H2,1-2H3. The zero-order chi connectivity index (χ0) is 14.2. The summed E-state index contributed by atoms with van der Waals surface area (Å²) in [5, 5.41) is 4.14. The maximum absolute atomic E-state index is 11.7. The topological polar surface area (TPSA) is 78.0 Å². The second-order valence-corrected chi connectivity index (χ2v) is 5.04. The van der Waals surface area contributed by atoms with Crippen LogP contribution in [0.4, 0.5) is 5.69 Å². The molecule has 5 nitrogen and oxygen atoms in total. The summed E-state index contributed by atoms with van der Waals surface area (Å²) in [4.78, 5) is 23.5. The van der Waals surface area contributed by atoms with Crippen molar-refractivity contribution in [3.63, 3.8) is 0 Å². The van der Waals surface area contributed by atoms with Crippen LogP contribution in [-0.4, -0.2) is 15.6 Å². The van der Waals surface area contributed by atoms with E-state index in [0.717, 1.165) is 14.7 Å². The minimum atomic E-state index is -0.467. The highest BCUT2D eigenvalue weighted by Gasteiger charge is 2.18. The average molecular weight is 322 g/mol. The molecule has 2 aromatic rings. The third kappa shape index (κ3) is 2.44. The predicted octanol–water partition coefficient (Wildman–Crippen LogP) is 1.99. The van der Waals surface area contributed by atoms with Gasteiger partial charge in [0.1, 0.15) is 11.4 Å². The number of nitrogens with two attached hydrogens (primary N) is 1. The van der Waals surface area contributed by atoms with Gasteiger partial charge in [-0.15, -0.1) is 0 Å². The molecule has 2 N–H and O–H groups in total. The fraction of sp³-hybridized carbons (Fsp3) is 0.154. The summed E-state index contributed by atoms with van der Waals surface area (Å²) in [7, 11) is 1.50. The van der Waals surface area contributed by atoms with Crippen molar-refractivity contribution in [3.05, 3.63) is 44.7 Å². The highest BCUT2D eigenvalue weighted by Crippen LogP contribution is 2.25. The Morgan fingerprint density at radius 1 is 1.32 bits per heavy atom. The zero-order valence-electron chi connectivity index (χ0n) is 10.5. The van der Waals surface area contributed by atoms with Crippen LogP contribution in [0.2, 0.25) is 0 Å². The SMILES string of the molecule is CC(=O)c1c(-c2ccc(Br)cc2)nn(C)c(=O)c1N. The molecule has 0 spiro atoms. The molecule has 0 saturated carbocycles. The number of rotatable bonds is 2. The Labute approximate surface area is 118 Å². The first kappa shape index (κ1) is 13.5. The molecule has 19 heavy (non-hydrogen) atoms. The van der Waals surface area contributed by atoms with E-state index >= 15 is 0 Å². The summed E-state index contributed by atoms with van der Waals surface area (Å²) >= 11 is 3.34. The van der Waals surface area contributed by atoms with Crippen molar-refractivity contribution in [2.75, 3.05) is 5.73 Å². The fourth-order valence-corrected chi connectivity index (χ4v) is 2.08. The molecule has 0 aliphatic carbocycles. The van der Waals surface area contributed by atoms with Crippen molar-refractivity contribution in [1.29, 1.82) is 0 Å². The molecular formula is C13H12BrN3O2. The van der Waals surface area contributed by atoms with E-state index in [1.54, 1.807) is 0 Å². The van der Waals surface area contributed by atoms with Gasteiger partial charge in [0.25, 0.3) is 5.56 Å². The molecule has 0 aliphatic rings. The Bertz CT molecular complexity index is 705. The number of nitrogens with zero attached hydrogens (tertiary/aromatic N) is 2. The number of hydrogen-bond acceptors (Lipinski definition) is 4. The number of benzene rings is 1. The Kier molecular flexibility index (Phi) is 3.53. The number of aromatic nitrogens is 2. The number of anilines is 1. The lowest BCUT2D eigenvalue weighted by molar-refractivity contribution is 0.101. The molecule has 0 radical (unpaired) electrons. The molecule has 0 bridgehead atoms. The Morgan fingerprint density at radius 2 is 1.89 bits per heavy atom. The van der Waals surface area contributed by atoms with Crippen molar-refractivity contribution in [2.45, 2.75) is 6.92 Å². The molecular weight excluding hydrogens is 310 g/mol. The fourth-order valence-electron chi connectivity index (χ4n) is 1.82. The third-order valence-electron chi connectivity index (χ3n) is 2.75. The van der Waals surface area contributed by atoms with E-state index in [9.17, 15) is 9.59 Å². The Hall–Kier alpha value is -1.95. The normalized spacial score (nSPS) is 10.5. The summed E-state index contributed by atoms with van der Waals surface area (Å²) in [6, 6.07) is 7.29. The third-order valence-corrected chi connectivity index (χ3v) is 3.28. The van der Waals surface area contributed by atoms with Crippen LogP contribution in [0.15, 0.2) is 33.5 Å². The first-order valence-electron chi connectivity index (χ1n) is 5.55. The summed E-state index contributed by atoms with van der Waals surface area (Å²) < 4.78 is 2.05. The Morgan fingerprint density at radius 3 is 2.42 bits per heavy atom. The van der Waals surface area contributed by atoms with Crippen molar-refractivity contribution in [3.8, 4) is 11.3 Å². The van der Waals surface area contributed by atoms with Gasteiger partial charge >= 0.3 is 0 Å². The minimum Gasteiger partial charge on any atom is -0.394 e. The molecule has 0 aliphatic heterocycles. The van der Waals surface area contributed by atoms with Gasteiger partial charge in [0.15, 0.2) is 5.78 Å². The number of halogens is 1. The second kappa shape index (κ2) is 4.97. The first-order chi connectivity index (χ1) is 8.91. The molecule has 1 aromatic heterocycles. The molecule has 0 atom stereocenters. The molecule has 2 rings (SSSR count). The summed E-state index contributed by atoms with van der Waals surface area (Å²) in [5.41, 5.74) is 6.54. The maximum atomic E-state index is 11.7. The van der Waals surface area contributed by atoms with Gasteiger partial charge in [-0.25, -0.2) is 4.68 Å². The summed E-state index contributed by atoms with van der Waals surface area (Å²) in [6.07, 6.45) is 0. The number of aryl methyl sites for hydroxylation is 1. The largest absolute Gasteiger partial charge is 0.394 e. The van der Waals surface area contributed by atoms with Gasteiger partial charge in [-0.2, -0.15) is 5.10 Å². The van der Waals surface area contributed by atoms with Gasteiger partial charge in [0.05, 0.1) is 5.56 Å². The van der Waals surface area contributed by atoms with Crippen molar-refractivity contribution >= 4 is 27.4 Å². The maximum Gasteiger partial charge on any atom is 0.290 e. The lowest BCUT2D eigenvalue weighted by atomic mass is 10.0. The van der Waals surface area contributed by atoms with E-state index in [4.69, 9.17) is 5.73 Å². The van der Waals surface area contributed by atoms with Crippen LogP contribution in [0.5, 0.6) is 0 Å². The highest BCUT2D eigenvalue weighted by molar-refractivity contribution is 9.10. The van der Waals surface area contributed by atoms with Crippen LogP contribution < -0.4 is 11.3 Å². The molecule has 0 fully saturated rings. The average Bonchev–Trinajstić information content (AvgIpc) is 2.36. The van der Waals surface area contributed by atoms with Gasteiger partial charge in [-0.05, 0) is 19.1 Å². The number of ketones is 1. The monoisotopic (exact) mass is 321 g/mol. The molecule has 1 heterocycles. The van der Waals surface area contributed by atoms with E-state index in [0.29, 0.717) is 5.69 Å². The molecule has 1 aromatic carbocycles. The van der Waals surface area contributed by atoms with E-state index in [-0.39, 0.29) is 17.0 Å². The van der Waals surface area contributed by atoms with Gasteiger partial charge in [-0.3, -0.25) is 9.59 Å². The molecule has 6 heteroatoms. The molecule has 0 unspecified atom stereocenters. The summed E-state index contributed by atoms with van der Waals surface area (Å²) in [5.74, 6) is -0.277. The Balaban J connectivity index is 2.79. The minimum absolute atomic E-state index is 0.0667. The van der Waals surface area contributed by atoms with Crippen LogP contribution in [0, 0.1) is 0 Å². The number of Topliss-reactive ketones (excluding diaryl/α,β-unsaturated/α-hetero) is 1. The van der Waals surface area contributed by atoms with E-state index in [1.165, 1.54) is 14.0 Å². The van der Waals surface area contributed by atoms with Crippen LogP contribution in [0.1, 0.15) is 17.3 Å². The highest BCUT2D eigenvalue weighted by atomic mass is 79.9. The predicted molar refractivity (Wildman–Crippen MR) is 77.0 cm³/mol. The lowest BCUT2D eigenvalue weighted by Gasteiger charge is -2.10. The smallest absolute Gasteiger partial charge is 0.290 e.